The second-order valence-corrected chi connectivity index (χ2v) is 8.67. The summed E-state index contributed by atoms with van der Waals surface area (Å²) in [6.07, 6.45) is 3.53. The van der Waals surface area contributed by atoms with Gasteiger partial charge in [0.25, 0.3) is 5.91 Å². The average molecular weight is 409 g/mol. The van der Waals surface area contributed by atoms with Crippen LogP contribution in [-0.2, 0) is 26.3 Å². The van der Waals surface area contributed by atoms with Gasteiger partial charge in [0.15, 0.2) is 6.61 Å². The Labute approximate surface area is 174 Å². The number of hydrogen-bond acceptors (Lipinski definition) is 5. The molecule has 1 aliphatic carbocycles. The Balaban J connectivity index is 1.38. The molecule has 1 saturated carbocycles. The van der Waals surface area contributed by atoms with Crippen molar-refractivity contribution in [3.63, 3.8) is 0 Å². The molecule has 6 heteroatoms. The minimum Gasteiger partial charge on any atom is -0.455 e. The zero-order valence-corrected chi connectivity index (χ0v) is 17.3. The Morgan fingerprint density at radius 2 is 1.76 bits per heavy atom. The molecule has 1 amide bonds. The molecule has 2 aromatic carbocycles. The molecular weight excluding hydrogens is 384 g/mol. The minimum absolute atomic E-state index is 0.223. The predicted molar refractivity (Wildman–Crippen MR) is 114 cm³/mol. The third kappa shape index (κ3) is 4.03. The molecule has 1 aliphatic rings. The van der Waals surface area contributed by atoms with Crippen molar-refractivity contribution in [3.05, 3.63) is 65.2 Å². The third-order valence-electron chi connectivity index (χ3n) is 5.64. The van der Waals surface area contributed by atoms with Crippen LogP contribution in [0.4, 0.5) is 0 Å². The summed E-state index contributed by atoms with van der Waals surface area (Å²) in [6, 6.07) is 17.7. The smallest absolute Gasteiger partial charge is 0.317 e. The number of esters is 1. The topological polar surface area (TPSA) is 59.5 Å². The average Bonchev–Trinajstić information content (AvgIpc) is 3.39. The Morgan fingerprint density at radius 1 is 1.07 bits per heavy atom. The molecule has 0 N–H and O–H groups in total. The van der Waals surface area contributed by atoms with Crippen molar-refractivity contribution in [1.82, 2.24) is 9.88 Å². The van der Waals surface area contributed by atoms with Crippen molar-refractivity contribution < 1.29 is 14.3 Å². The molecule has 0 bridgehead atoms. The monoisotopic (exact) mass is 408 g/mol. The molecule has 4 rings (SSSR count). The summed E-state index contributed by atoms with van der Waals surface area (Å²) in [4.78, 5) is 31.6. The number of hydrogen-bond donors (Lipinski definition) is 0. The fraction of sp³-hybridized carbons (Fsp3) is 0.348. The number of carbonyl (C=O) groups is 2. The third-order valence-corrected chi connectivity index (χ3v) is 6.66. The van der Waals surface area contributed by atoms with Gasteiger partial charge >= 0.3 is 5.97 Å². The van der Waals surface area contributed by atoms with Gasteiger partial charge in [0.2, 0.25) is 0 Å². The number of benzene rings is 2. The summed E-state index contributed by atoms with van der Waals surface area (Å²) in [5.41, 5.74) is 1.30. The Hall–Kier alpha value is -2.73. The van der Waals surface area contributed by atoms with E-state index in [-0.39, 0.29) is 18.5 Å². The summed E-state index contributed by atoms with van der Waals surface area (Å²) < 4.78 is 6.61. The SMILES string of the molecule is CN(Cc1nc2ccccc2s1)C(=O)COC(=O)C1(c2ccccc2)CCCC1. The van der Waals surface area contributed by atoms with Gasteiger partial charge in [-0.1, -0.05) is 55.3 Å². The molecule has 29 heavy (non-hydrogen) atoms. The molecule has 1 heterocycles. The van der Waals surface area contributed by atoms with E-state index in [2.05, 4.69) is 4.98 Å². The lowest BCUT2D eigenvalue weighted by molar-refractivity contribution is -0.156. The van der Waals surface area contributed by atoms with Crippen molar-refractivity contribution in [1.29, 1.82) is 0 Å². The minimum atomic E-state index is -0.618. The molecule has 1 fully saturated rings. The molecule has 0 atom stereocenters. The highest BCUT2D eigenvalue weighted by Gasteiger charge is 2.44. The summed E-state index contributed by atoms with van der Waals surface area (Å²) in [5.74, 6) is -0.512. The Morgan fingerprint density at radius 3 is 2.48 bits per heavy atom. The molecule has 0 radical (unpaired) electrons. The number of ether oxygens (including phenoxy) is 1. The Kier molecular flexibility index (Phi) is 5.62. The number of likely N-dealkylation sites (N-methyl/N-ethyl adjacent to an activating group) is 1. The van der Waals surface area contributed by atoms with Crippen LogP contribution in [0, 0.1) is 0 Å². The van der Waals surface area contributed by atoms with Gasteiger partial charge in [-0.3, -0.25) is 9.59 Å². The molecule has 0 unspecified atom stereocenters. The summed E-state index contributed by atoms with van der Waals surface area (Å²) in [7, 11) is 1.71. The summed E-state index contributed by atoms with van der Waals surface area (Å²) in [5, 5.41) is 0.866. The van der Waals surface area contributed by atoms with Crippen molar-refractivity contribution in [3.8, 4) is 0 Å². The van der Waals surface area contributed by atoms with Gasteiger partial charge in [0.1, 0.15) is 5.01 Å². The van der Waals surface area contributed by atoms with Crippen LogP contribution < -0.4 is 0 Å². The lowest BCUT2D eigenvalue weighted by Gasteiger charge is -2.27. The fourth-order valence-electron chi connectivity index (χ4n) is 4.00. The maximum Gasteiger partial charge on any atom is 0.317 e. The van der Waals surface area contributed by atoms with E-state index >= 15 is 0 Å². The van der Waals surface area contributed by atoms with Crippen molar-refractivity contribution >= 4 is 33.4 Å². The molecule has 150 valence electrons. The summed E-state index contributed by atoms with van der Waals surface area (Å²) in [6.45, 7) is 0.161. The lowest BCUT2D eigenvalue weighted by Crippen LogP contribution is -2.38. The first-order valence-corrected chi connectivity index (χ1v) is 10.7. The highest BCUT2D eigenvalue weighted by atomic mass is 32.1. The van der Waals surface area contributed by atoms with Crippen LogP contribution >= 0.6 is 11.3 Å². The first-order chi connectivity index (χ1) is 14.1. The molecule has 0 saturated heterocycles. The van der Waals surface area contributed by atoms with Crippen molar-refractivity contribution in [2.45, 2.75) is 37.6 Å². The fourth-order valence-corrected chi connectivity index (χ4v) is 5.02. The van der Waals surface area contributed by atoms with Crippen molar-refractivity contribution in [2.75, 3.05) is 13.7 Å². The quantitative estimate of drug-likeness (QED) is 0.570. The van der Waals surface area contributed by atoms with Crippen molar-refractivity contribution in [2.24, 2.45) is 0 Å². The van der Waals surface area contributed by atoms with E-state index in [9.17, 15) is 9.59 Å². The zero-order chi connectivity index (χ0) is 20.3. The van der Waals surface area contributed by atoms with E-state index in [1.54, 1.807) is 23.3 Å². The largest absolute Gasteiger partial charge is 0.455 e. The second kappa shape index (κ2) is 8.33. The van der Waals surface area contributed by atoms with Gasteiger partial charge in [-0.25, -0.2) is 4.98 Å². The van der Waals surface area contributed by atoms with E-state index < -0.39 is 5.41 Å². The molecule has 3 aromatic rings. The number of thiazole rings is 1. The van der Waals surface area contributed by atoms with Crippen LogP contribution in [0.5, 0.6) is 0 Å². The molecule has 0 aliphatic heterocycles. The standard InChI is InChI=1S/C23H24N2O3S/c1-25(15-20-24-18-11-5-6-12-19(18)29-20)21(26)16-28-22(27)23(13-7-8-14-23)17-9-3-2-4-10-17/h2-6,9-12H,7-8,13-16H2,1H3. The van der Waals surface area contributed by atoms with Gasteiger partial charge in [-0.05, 0) is 30.5 Å². The van der Waals surface area contributed by atoms with Crippen LogP contribution in [0.3, 0.4) is 0 Å². The van der Waals surface area contributed by atoms with E-state index in [0.29, 0.717) is 6.54 Å². The second-order valence-electron chi connectivity index (χ2n) is 7.56. The zero-order valence-electron chi connectivity index (χ0n) is 16.5. The number of amides is 1. The maximum absolute atomic E-state index is 13.0. The number of nitrogens with zero attached hydrogens (tertiary/aromatic N) is 2. The van der Waals surface area contributed by atoms with E-state index in [1.165, 1.54) is 0 Å². The van der Waals surface area contributed by atoms with E-state index in [0.717, 1.165) is 46.5 Å². The van der Waals surface area contributed by atoms with Gasteiger partial charge in [0, 0.05) is 7.05 Å². The first-order valence-electron chi connectivity index (χ1n) is 9.90. The lowest BCUT2D eigenvalue weighted by atomic mass is 9.79. The molecular formula is C23H24N2O3S. The van der Waals surface area contributed by atoms with Crippen LogP contribution in [-0.4, -0.2) is 35.4 Å². The van der Waals surface area contributed by atoms with Crippen LogP contribution in [0.25, 0.3) is 10.2 Å². The number of aromatic nitrogens is 1. The number of fused-ring (bicyclic) bond motifs is 1. The van der Waals surface area contributed by atoms with Crippen LogP contribution in [0.1, 0.15) is 36.3 Å². The van der Waals surface area contributed by atoms with Gasteiger partial charge in [-0.2, -0.15) is 0 Å². The predicted octanol–water partition coefficient (Wildman–Crippen LogP) is 4.31. The van der Waals surface area contributed by atoms with Crippen LogP contribution in [0.2, 0.25) is 0 Å². The molecule has 1 aromatic heterocycles. The highest BCUT2D eigenvalue weighted by molar-refractivity contribution is 7.18. The van der Waals surface area contributed by atoms with Crippen LogP contribution in [0.15, 0.2) is 54.6 Å². The van der Waals surface area contributed by atoms with Gasteiger partial charge < -0.3 is 9.64 Å². The van der Waals surface area contributed by atoms with E-state index in [1.807, 2.05) is 54.6 Å². The van der Waals surface area contributed by atoms with Gasteiger partial charge in [-0.15, -0.1) is 11.3 Å². The van der Waals surface area contributed by atoms with Gasteiger partial charge in [0.05, 0.1) is 22.2 Å². The number of para-hydroxylation sites is 1. The number of carbonyl (C=O) groups excluding carboxylic acids is 2. The normalized spacial score (nSPS) is 15.3. The first kappa shape index (κ1) is 19.6. The molecule has 5 nitrogen and oxygen atoms in total. The maximum atomic E-state index is 13.0. The Bertz CT molecular complexity index is 976. The summed E-state index contributed by atoms with van der Waals surface area (Å²) >= 11 is 1.57. The number of rotatable bonds is 6. The van der Waals surface area contributed by atoms with E-state index in [4.69, 9.17) is 4.74 Å². The highest BCUT2D eigenvalue weighted by Crippen LogP contribution is 2.42. The molecule has 0 spiro atoms.